The molecule has 1 unspecified atom stereocenters. The van der Waals surface area contributed by atoms with Crippen LogP contribution in [0.25, 0.3) is 0 Å². The van der Waals surface area contributed by atoms with Crippen molar-refractivity contribution < 1.29 is 18.4 Å². The van der Waals surface area contributed by atoms with Crippen LogP contribution in [0.1, 0.15) is 34.6 Å². The minimum Gasteiger partial charge on any atom is -0.399 e. The molecule has 1 aromatic carbocycles. The van der Waals surface area contributed by atoms with Gasteiger partial charge >= 0.3 is 7.12 Å². The fourth-order valence-electron chi connectivity index (χ4n) is 2.93. The van der Waals surface area contributed by atoms with Crippen LogP contribution in [0.2, 0.25) is 0 Å². The molecule has 2 aliphatic heterocycles. The second-order valence-corrected chi connectivity index (χ2v) is 7.42. The highest BCUT2D eigenvalue weighted by atomic mass is 19.1. The minimum absolute atomic E-state index is 0.162. The molecule has 0 N–H and O–H groups in total. The van der Waals surface area contributed by atoms with Crippen molar-refractivity contribution in [2.75, 3.05) is 24.6 Å². The molecule has 0 aromatic heterocycles. The lowest BCUT2D eigenvalue weighted by Crippen LogP contribution is -2.42. The largest absolute Gasteiger partial charge is 0.497 e. The molecule has 126 valence electrons. The third-order valence-electron chi connectivity index (χ3n) is 5.10. The van der Waals surface area contributed by atoms with Gasteiger partial charge in [0.25, 0.3) is 0 Å². The quantitative estimate of drug-likeness (QED) is 0.783. The van der Waals surface area contributed by atoms with E-state index in [2.05, 4.69) is 4.90 Å². The molecule has 0 spiro atoms. The summed E-state index contributed by atoms with van der Waals surface area (Å²) in [6.07, 6.45) is 0.162. The van der Waals surface area contributed by atoms with Crippen molar-refractivity contribution in [2.45, 2.75) is 51.9 Å². The number of benzene rings is 1. The van der Waals surface area contributed by atoms with E-state index in [1.807, 2.05) is 40.7 Å². The maximum Gasteiger partial charge on any atom is 0.497 e. The van der Waals surface area contributed by atoms with Gasteiger partial charge in [-0.05, 0) is 46.8 Å². The highest BCUT2D eigenvalue weighted by Crippen LogP contribution is 2.36. The molecule has 1 atom stereocenters. The normalized spacial score (nSPS) is 26.6. The lowest BCUT2D eigenvalue weighted by molar-refractivity contribution is 0.00578. The standard InChI is InChI=1S/C17H25BFNO3/c1-12-11-20(8-9-21-12)13-6-7-14(15(19)10-13)18-22-16(2,3)17(4,5)23-18/h6-7,10,12H,8-9,11H2,1-5H3. The first-order valence-electron chi connectivity index (χ1n) is 8.21. The summed E-state index contributed by atoms with van der Waals surface area (Å²) in [7, 11) is -0.669. The van der Waals surface area contributed by atoms with Crippen molar-refractivity contribution in [3.63, 3.8) is 0 Å². The number of hydrogen-bond acceptors (Lipinski definition) is 4. The van der Waals surface area contributed by atoms with Crippen LogP contribution < -0.4 is 10.4 Å². The van der Waals surface area contributed by atoms with Crippen LogP contribution in [0.3, 0.4) is 0 Å². The molecule has 2 heterocycles. The fourth-order valence-corrected chi connectivity index (χ4v) is 2.93. The van der Waals surface area contributed by atoms with E-state index in [0.29, 0.717) is 12.1 Å². The summed E-state index contributed by atoms with van der Waals surface area (Å²) < 4.78 is 32.1. The molecular formula is C17H25BFNO3. The van der Waals surface area contributed by atoms with E-state index in [1.165, 1.54) is 0 Å². The predicted molar refractivity (Wildman–Crippen MR) is 89.7 cm³/mol. The van der Waals surface area contributed by atoms with Crippen LogP contribution in [0, 0.1) is 5.82 Å². The third-order valence-corrected chi connectivity index (χ3v) is 5.10. The summed E-state index contributed by atoms with van der Waals surface area (Å²) in [4.78, 5) is 2.14. The summed E-state index contributed by atoms with van der Waals surface area (Å²) >= 11 is 0. The number of rotatable bonds is 2. The van der Waals surface area contributed by atoms with Crippen LogP contribution >= 0.6 is 0 Å². The highest BCUT2D eigenvalue weighted by molar-refractivity contribution is 6.62. The topological polar surface area (TPSA) is 30.9 Å². The highest BCUT2D eigenvalue weighted by Gasteiger charge is 2.52. The first-order valence-corrected chi connectivity index (χ1v) is 8.21. The maximum absolute atomic E-state index is 14.6. The number of halogens is 1. The molecule has 0 saturated carbocycles. The Bertz CT molecular complexity index is 577. The third kappa shape index (κ3) is 3.12. The molecule has 1 aromatic rings. The number of anilines is 1. The smallest absolute Gasteiger partial charge is 0.399 e. The van der Waals surface area contributed by atoms with Gasteiger partial charge in [-0.15, -0.1) is 0 Å². The second kappa shape index (κ2) is 5.76. The van der Waals surface area contributed by atoms with Gasteiger partial charge in [-0.25, -0.2) is 4.39 Å². The van der Waals surface area contributed by atoms with Gasteiger partial charge < -0.3 is 18.9 Å². The van der Waals surface area contributed by atoms with Crippen molar-refractivity contribution in [3.8, 4) is 0 Å². The zero-order valence-corrected chi connectivity index (χ0v) is 14.6. The van der Waals surface area contributed by atoms with Gasteiger partial charge in [0.05, 0.1) is 23.9 Å². The van der Waals surface area contributed by atoms with Gasteiger partial charge in [-0.1, -0.05) is 6.07 Å². The summed E-state index contributed by atoms with van der Waals surface area (Å²) in [5.74, 6) is -0.292. The lowest BCUT2D eigenvalue weighted by Gasteiger charge is -2.33. The number of ether oxygens (including phenoxy) is 1. The van der Waals surface area contributed by atoms with Crippen molar-refractivity contribution >= 4 is 18.3 Å². The first kappa shape index (κ1) is 16.7. The summed E-state index contributed by atoms with van der Waals surface area (Å²) in [6.45, 7) is 12.1. The van der Waals surface area contributed by atoms with Crippen LogP contribution in [0.4, 0.5) is 10.1 Å². The van der Waals surface area contributed by atoms with E-state index in [-0.39, 0.29) is 11.9 Å². The molecule has 2 aliphatic rings. The maximum atomic E-state index is 14.6. The Hall–Kier alpha value is -1.11. The Morgan fingerprint density at radius 1 is 1.17 bits per heavy atom. The summed E-state index contributed by atoms with van der Waals surface area (Å²) in [6, 6.07) is 5.27. The second-order valence-electron chi connectivity index (χ2n) is 7.42. The van der Waals surface area contributed by atoms with Crippen molar-refractivity contribution in [1.29, 1.82) is 0 Å². The average Bonchev–Trinajstić information content (AvgIpc) is 2.67. The molecule has 4 nitrogen and oxygen atoms in total. The van der Waals surface area contributed by atoms with Gasteiger partial charge in [0.1, 0.15) is 5.82 Å². The Labute approximate surface area is 138 Å². The fraction of sp³-hybridized carbons (Fsp3) is 0.647. The zero-order chi connectivity index (χ0) is 16.8. The average molecular weight is 321 g/mol. The molecule has 0 amide bonds. The molecule has 0 aliphatic carbocycles. The SMILES string of the molecule is CC1CN(c2ccc(B3OC(C)(C)C(C)(C)O3)c(F)c2)CCO1. The number of nitrogens with zero attached hydrogens (tertiary/aromatic N) is 1. The molecule has 2 saturated heterocycles. The summed E-state index contributed by atoms with van der Waals surface area (Å²) in [5, 5.41) is 0. The van der Waals surface area contributed by atoms with E-state index >= 15 is 0 Å². The van der Waals surface area contributed by atoms with Gasteiger partial charge in [-0.3, -0.25) is 0 Å². The molecule has 0 bridgehead atoms. The van der Waals surface area contributed by atoms with Crippen molar-refractivity contribution in [3.05, 3.63) is 24.0 Å². The molecule has 23 heavy (non-hydrogen) atoms. The van der Waals surface area contributed by atoms with E-state index in [1.54, 1.807) is 12.1 Å². The van der Waals surface area contributed by atoms with Crippen LogP contribution in [0.5, 0.6) is 0 Å². The Morgan fingerprint density at radius 2 is 1.83 bits per heavy atom. The molecule has 2 fully saturated rings. The Kier molecular flexibility index (Phi) is 4.19. The van der Waals surface area contributed by atoms with Gasteiger partial charge in [0.15, 0.2) is 0 Å². The Morgan fingerprint density at radius 3 is 2.39 bits per heavy atom. The van der Waals surface area contributed by atoms with Crippen molar-refractivity contribution in [2.24, 2.45) is 0 Å². The monoisotopic (exact) mass is 321 g/mol. The number of morpholine rings is 1. The van der Waals surface area contributed by atoms with E-state index < -0.39 is 18.3 Å². The lowest BCUT2D eigenvalue weighted by atomic mass is 9.78. The minimum atomic E-state index is -0.669. The van der Waals surface area contributed by atoms with Crippen LogP contribution in [-0.4, -0.2) is 44.1 Å². The predicted octanol–water partition coefficient (Wildman–Crippen LogP) is 2.35. The van der Waals surface area contributed by atoms with Gasteiger partial charge in [0, 0.05) is 24.2 Å². The summed E-state index contributed by atoms with van der Waals surface area (Å²) in [5.41, 5.74) is 0.386. The molecular weight excluding hydrogens is 296 g/mol. The molecule has 3 rings (SSSR count). The van der Waals surface area contributed by atoms with Crippen molar-refractivity contribution in [1.82, 2.24) is 0 Å². The van der Waals surface area contributed by atoms with Crippen LogP contribution in [-0.2, 0) is 14.0 Å². The molecule has 0 radical (unpaired) electrons. The van der Waals surface area contributed by atoms with Gasteiger partial charge in [-0.2, -0.15) is 0 Å². The number of hydrogen-bond donors (Lipinski definition) is 0. The van der Waals surface area contributed by atoms with E-state index in [0.717, 1.165) is 18.8 Å². The van der Waals surface area contributed by atoms with E-state index in [4.69, 9.17) is 14.0 Å². The first-order chi connectivity index (χ1) is 10.7. The molecule has 6 heteroatoms. The van der Waals surface area contributed by atoms with Gasteiger partial charge in [0.2, 0.25) is 0 Å². The van der Waals surface area contributed by atoms with Crippen LogP contribution in [0.15, 0.2) is 18.2 Å². The van der Waals surface area contributed by atoms with E-state index in [9.17, 15) is 4.39 Å². The Balaban J connectivity index is 1.81. The zero-order valence-electron chi connectivity index (χ0n) is 14.6.